The van der Waals surface area contributed by atoms with Crippen LogP contribution >= 0.6 is 0 Å². The van der Waals surface area contributed by atoms with E-state index in [1.165, 1.54) is 4.90 Å². The number of hydrogen-bond donors (Lipinski definition) is 1. The quantitative estimate of drug-likeness (QED) is 0.463. The monoisotopic (exact) mass is 644 g/mol. The summed E-state index contributed by atoms with van der Waals surface area (Å²) in [6.07, 6.45) is 6.32. The summed E-state index contributed by atoms with van der Waals surface area (Å²) in [6, 6.07) is 3.83. The van der Waals surface area contributed by atoms with Crippen LogP contribution in [-0.4, -0.2) is 70.6 Å². The second-order valence-electron chi connectivity index (χ2n) is 13.8. The molecule has 1 aliphatic carbocycles. The standard InChI is InChI=1S/C33H45N4O6.V/c1-19(2)33-16-21(33)11-9-8-10-12-24-29(35-25-15-22(41-7)13-14-23(25)34-24)42-27-17-37(26(18-38)20(27)3)30(39)28(32(4,5)6)36-31(40)43-33;/h13-15,19-21,26-28H,8-12,16-17H2,1-7H3,(H,36,40);/q-1;/t20-,21+,26+,27-,28+,33-;/m0./s1. The van der Waals surface area contributed by atoms with Crippen molar-refractivity contribution < 1.29 is 47.1 Å². The fraction of sp³-hybridized carbons (Fsp3) is 0.667. The molecule has 2 aromatic rings. The Bertz CT molecular complexity index is 1380. The predicted molar refractivity (Wildman–Crippen MR) is 162 cm³/mol. The number of aryl methyl sites for hydroxylation is 1. The topological polar surface area (TPSA) is 120 Å². The number of carbonyl (C=O) groups excluding carboxylic acids is 3. The van der Waals surface area contributed by atoms with Gasteiger partial charge in [-0.3, -0.25) is 4.79 Å². The summed E-state index contributed by atoms with van der Waals surface area (Å²) in [5.41, 5.74) is 0.983. The second kappa shape index (κ2) is 13.3. The Morgan fingerprint density at radius 1 is 1.14 bits per heavy atom. The van der Waals surface area contributed by atoms with Gasteiger partial charge in [-0.25, -0.2) is 21.0 Å². The number of aromatic nitrogens is 2. The molecule has 2 amide bonds. The first-order chi connectivity index (χ1) is 20.4. The van der Waals surface area contributed by atoms with Crippen LogP contribution in [0.25, 0.3) is 11.0 Å². The maximum absolute atomic E-state index is 14.1. The van der Waals surface area contributed by atoms with E-state index in [1.54, 1.807) is 7.11 Å². The Morgan fingerprint density at radius 3 is 2.55 bits per heavy atom. The van der Waals surface area contributed by atoms with Crippen LogP contribution < -0.4 is 14.8 Å². The molecule has 1 saturated heterocycles. The first-order valence-electron chi connectivity index (χ1n) is 15.6. The number of fused-ring (bicyclic) bond motifs is 5. The average Bonchev–Trinajstić information content (AvgIpc) is 3.56. The van der Waals surface area contributed by atoms with Crippen molar-refractivity contribution in [1.29, 1.82) is 0 Å². The molecule has 6 atom stereocenters. The Balaban J connectivity index is 0.00000442. The normalized spacial score (nSPS) is 29.6. The number of nitrogens with zero attached hydrogens (tertiary/aromatic N) is 3. The van der Waals surface area contributed by atoms with Gasteiger partial charge in [-0.15, -0.1) is 0 Å². The van der Waals surface area contributed by atoms with Gasteiger partial charge in [0.25, 0.3) is 0 Å². The van der Waals surface area contributed by atoms with Crippen molar-refractivity contribution in [1.82, 2.24) is 20.2 Å². The molecule has 10 nitrogen and oxygen atoms in total. The molecule has 239 valence electrons. The zero-order valence-corrected chi connectivity index (χ0v) is 28.3. The summed E-state index contributed by atoms with van der Waals surface area (Å²) in [4.78, 5) is 50.9. The molecule has 1 saturated carbocycles. The fourth-order valence-corrected chi connectivity index (χ4v) is 6.70. The van der Waals surface area contributed by atoms with E-state index >= 15 is 0 Å². The first-order valence-corrected chi connectivity index (χ1v) is 15.6. The van der Waals surface area contributed by atoms with Gasteiger partial charge >= 0.3 is 6.09 Å². The van der Waals surface area contributed by atoms with E-state index in [0.29, 0.717) is 23.6 Å². The number of ether oxygens (including phenoxy) is 3. The minimum absolute atomic E-state index is 0. The largest absolute Gasteiger partial charge is 0.540 e. The van der Waals surface area contributed by atoms with E-state index in [9.17, 15) is 14.4 Å². The first kappa shape index (κ1) is 34.0. The minimum Gasteiger partial charge on any atom is -0.540 e. The van der Waals surface area contributed by atoms with Gasteiger partial charge in [-0.1, -0.05) is 60.4 Å². The van der Waals surface area contributed by atoms with Crippen LogP contribution in [0.4, 0.5) is 4.79 Å². The molecule has 0 spiro atoms. The van der Waals surface area contributed by atoms with E-state index in [0.717, 1.165) is 43.3 Å². The van der Waals surface area contributed by atoms with Gasteiger partial charge in [0.2, 0.25) is 11.8 Å². The third-order valence-electron chi connectivity index (χ3n) is 9.57. The zero-order valence-electron chi connectivity index (χ0n) is 26.9. The SMILES string of the molecule is COc1ccc2nc3c(nc2c1)O[C@H]1CN(C(=O)[C@H](C(C)(C)C)NC(=O)O[C@]2(C(C)C)C[C@H]2CCCCC3)[C@H]([C-]=O)[C@@H]1C.[V]. The van der Waals surface area contributed by atoms with Crippen LogP contribution in [0, 0.1) is 23.2 Å². The number of methoxy groups -OCH3 is 1. The van der Waals surface area contributed by atoms with E-state index in [2.05, 4.69) is 25.5 Å². The number of amides is 2. The fourth-order valence-electron chi connectivity index (χ4n) is 6.70. The van der Waals surface area contributed by atoms with Crippen molar-refractivity contribution in [3.05, 3.63) is 23.9 Å². The Morgan fingerprint density at radius 2 is 1.89 bits per heavy atom. The molecular formula is C33H45N4O6V-. The number of hydrogen-bond acceptors (Lipinski definition) is 8. The molecule has 1 aromatic carbocycles. The minimum atomic E-state index is -0.911. The summed E-state index contributed by atoms with van der Waals surface area (Å²) in [5, 5.41) is 2.88. The van der Waals surface area contributed by atoms with Crippen molar-refractivity contribution in [2.75, 3.05) is 13.7 Å². The Hall–Kier alpha value is -2.85. The number of nitrogens with one attached hydrogen (secondary N) is 1. The van der Waals surface area contributed by atoms with Crippen LogP contribution in [0.2, 0.25) is 0 Å². The number of carbonyl (C=O) groups is 2. The molecule has 3 heterocycles. The molecule has 2 aliphatic heterocycles. The van der Waals surface area contributed by atoms with Crippen molar-refractivity contribution in [3.63, 3.8) is 0 Å². The van der Waals surface area contributed by atoms with Crippen molar-refractivity contribution in [2.45, 2.75) is 104 Å². The molecule has 2 fully saturated rings. The van der Waals surface area contributed by atoms with Crippen molar-refractivity contribution in [2.24, 2.45) is 23.2 Å². The molecule has 2 bridgehead atoms. The Kier molecular flexibility index (Phi) is 10.3. The number of alkyl carbamates (subject to hydrolysis) is 1. The van der Waals surface area contributed by atoms with Gasteiger partial charge in [0, 0.05) is 30.5 Å². The molecule has 0 unspecified atom stereocenters. The van der Waals surface area contributed by atoms with Crippen LogP contribution in [0.5, 0.6) is 11.6 Å². The summed E-state index contributed by atoms with van der Waals surface area (Å²) in [5.74, 6) is 0.788. The molecule has 5 rings (SSSR count). The van der Waals surface area contributed by atoms with Crippen LogP contribution in [-0.2, 0) is 39.3 Å². The van der Waals surface area contributed by atoms with Crippen LogP contribution in [0.1, 0.15) is 79.3 Å². The Labute approximate surface area is 272 Å². The third kappa shape index (κ3) is 6.71. The predicted octanol–water partition coefficient (Wildman–Crippen LogP) is 5.01. The average molecular weight is 645 g/mol. The molecule has 44 heavy (non-hydrogen) atoms. The van der Waals surface area contributed by atoms with Crippen LogP contribution in [0.3, 0.4) is 0 Å². The summed E-state index contributed by atoms with van der Waals surface area (Å²) in [7, 11) is 1.60. The van der Waals surface area contributed by atoms with E-state index in [-0.39, 0.29) is 48.8 Å². The summed E-state index contributed by atoms with van der Waals surface area (Å²) < 4.78 is 18.0. The van der Waals surface area contributed by atoms with Crippen molar-refractivity contribution >= 4 is 29.3 Å². The second-order valence-corrected chi connectivity index (χ2v) is 13.8. The molecule has 1 aromatic heterocycles. The summed E-state index contributed by atoms with van der Waals surface area (Å²) in [6.45, 7) is 11.9. The van der Waals surface area contributed by atoms with E-state index in [1.807, 2.05) is 45.9 Å². The number of rotatable bonds is 3. The van der Waals surface area contributed by atoms with Gasteiger partial charge < -0.3 is 29.2 Å². The maximum atomic E-state index is 14.1. The van der Waals surface area contributed by atoms with Gasteiger partial charge in [-0.05, 0) is 55.1 Å². The third-order valence-corrected chi connectivity index (χ3v) is 9.57. The van der Waals surface area contributed by atoms with Gasteiger partial charge in [0.1, 0.15) is 29.2 Å². The van der Waals surface area contributed by atoms with E-state index < -0.39 is 35.3 Å². The van der Waals surface area contributed by atoms with E-state index in [4.69, 9.17) is 24.2 Å². The van der Waals surface area contributed by atoms with Gasteiger partial charge in [-0.2, -0.15) is 0 Å². The molecule has 1 radical (unpaired) electrons. The molecular weight excluding hydrogens is 599 g/mol. The molecule has 11 heteroatoms. The van der Waals surface area contributed by atoms with Gasteiger partial charge in [0.05, 0.1) is 24.7 Å². The zero-order chi connectivity index (χ0) is 31.1. The number of benzene rings is 1. The van der Waals surface area contributed by atoms with Crippen LogP contribution in [0.15, 0.2) is 18.2 Å². The smallest absolute Gasteiger partial charge is 0.408 e. The molecule has 1 N–H and O–H groups in total. The maximum Gasteiger partial charge on any atom is 0.408 e. The van der Waals surface area contributed by atoms with Crippen molar-refractivity contribution in [3.8, 4) is 11.6 Å². The summed E-state index contributed by atoms with van der Waals surface area (Å²) >= 11 is 0. The van der Waals surface area contributed by atoms with Gasteiger partial charge in [0.15, 0.2) is 0 Å². The molecule has 3 aliphatic rings.